The van der Waals surface area contributed by atoms with E-state index < -0.39 is 48.0 Å². The fraction of sp³-hybridized carbons (Fsp3) is 0.872. The van der Waals surface area contributed by atoms with Crippen molar-refractivity contribution in [2.24, 2.45) is 11.8 Å². The minimum absolute atomic E-state index is 0.0141. The molecular weight excluding hydrogens is 694 g/mol. The zero-order chi connectivity index (χ0) is 41.9. The molecule has 0 aliphatic carbocycles. The van der Waals surface area contributed by atoms with Crippen molar-refractivity contribution < 1.29 is 38.6 Å². The van der Waals surface area contributed by atoms with Gasteiger partial charge in [0.1, 0.15) is 24.2 Å². The second kappa shape index (κ2) is 25.3. The predicted octanol–water partition coefficient (Wildman–Crippen LogP) is 1.71. The number of carbonyl (C=O) groups excluding carboxylic acids is 5. The molecule has 54 heavy (non-hydrogen) atoms. The summed E-state index contributed by atoms with van der Waals surface area (Å²) in [6, 6.07) is -4.14. The molecular formula is C39H77N7O8. The Kier molecular flexibility index (Phi) is 24.0. The lowest BCUT2D eigenvalue weighted by atomic mass is 10.00. The SMILES string of the molecule is CCCCN(CC(=O)N(C)[C@@H](CC(C)C)C(=O)N[C@H](C)COC(C)(C)C)C(=O)[C@@H](NC(=O)[C@H](CC(C)C)N(C)C(=O)[C@H](COCCN(C)C)NC)C(C)O. The standard InChI is InChI=1S/C39H77N7O8/c1-16-17-18-46(23-33(48)44(14)31(21-26(2)3)35(49)41-28(6)24-54-39(8,9)10)38(52)34(29(7)47)42-36(50)32(22-27(4)5)45(15)37(51)30(40-11)25-53-20-19-43(12)13/h26-32,34,40,47H,16-25H2,1-15H3,(H,41,49)(H,42,50)/t28-,29?,30+,31+,32+,34+/m1/s1. The molecule has 4 N–H and O–H groups in total. The monoisotopic (exact) mass is 772 g/mol. The highest BCUT2D eigenvalue weighted by Gasteiger charge is 2.37. The molecule has 0 aromatic rings. The van der Waals surface area contributed by atoms with Crippen molar-refractivity contribution >= 4 is 29.5 Å². The first-order valence-corrected chi connectivity index (χ1v) is 19.6. The largest absolute Gasteiger partial charge is 0.391 e. The van der Waals surface area contributed by atoms with Crippen LogP contribution in [0, 0.1) is 11.8 Å². The van der Waals surface area contributed by atoms with E-state index in [4.69, 9.17) is 9.47 Å². The molecule has 15 heteroatoms. The molecule has 6 atom stereocenters. The first-order chi connectivity index (χ1) is 25.0. The van der Waals surface area contributed by atoms with Crippen molar-refractivity contribution in [2.75, 3.05) is 74.7 Å². The van der Waals surface area contributed by atoms with Gasteiger partial charge >= 0.3 is 0 Å². The van der Waals surface area contributed by atoms with Crippen molar-refractivity contribution in [1.29, 1.82) is 0 Å². The predicted molar refractivity (Wildman–Crippen MR) is 213 cm³/mol. The van der Waals surface area contributed by atoms with Gasteiger partial charge in [-0.2, -0.15) is 0 Å². The maximum absolute atomic E-state index is 14.1. The number of ether oxygens (including phenoxy) is 2. The third kappa shape index (κ3) is 19.7. The topological polar surface area (TPSA) is 173 Å². The van der Waals surface area contributed by atoms with Crippen LogP contribution in [-0.2, 0) is 33.4 Å². The molecule has 0 bridgehead atoms. The van der Waals surface area contributed by atoms with Crippen molar-refractivity contribution in [3.63, 3.8) is 0 Å². The molecule has 0 rings (SSSR count). The number of carbonyl (C=O) groups is 5. The molecule has 1 unspecified atom stereocenters. The van der Waals surface area contributed by atoms with Gasteiger partial charge in [0.15, 0.2) is 0 Å². The van der Waals surface area contributed by atoms with E-state index in [2.05, 4.69) is 16.0 Å². The lowest BCUT2D eigenvalue weighted by molar-refractivity contribution is -0.148. The van der Waals surface area contributed by atoms with Crippen LogP contribution in [0.2, 0.25) is 0 Å². The van der Waals surface area contributed by atoms with Crippen LogP contribution in [-0.4, -0.2) is 171 Å². The van der Waals surface area contributed by atoms with Crippen molar-refractivity contribution in [2.45, 2.75) is 137 Å². The van der Waals surface area contributed by atoms with E-state index in [-0.39, 0.29) is 55.0 Å². The molecule has 0 aromatic carbocycles. The normalized spacial score (nSPS) is 15.3. The molecule has 5 amide bonds. The Morgan fingerprint density at radius 1 is 0.759 bits per heavy atom. The molecule has 0 fully saturated rings. The molecule has 0 radical (unpaired) electrons. The molecule has 0 saturated carbocycles. The summed E-state index contributed by atoms with van der Waals surface area (Å²) in [5, 5.41) is 19.5. The number of aliphatic hydroxyl groups is 1. The van der Waals surface area contributed by atoms with Gasteiger partial charge in [-0.25, -0.2) is 0 Å². The number of nitrogens with zero attached hydrogens (tertiary/aromatic N) is 4. The van der Waals surface area contributed by atoms with Crippen LogP contribution in [0.15, 0.2) is 0 Å². The van der Waals surface area contributed by atoms with Gasteiger partial charge in [-0.05, 0) is 86.9 Å². The second-order valence-electron chi connectivity index (χ2n) is 16.6. The average molecular weight is 772 g/mol. The molecule has 0 aliphatic heterocycles. The summed E-state index contributed by atoms with van der Waals surface area (Å²) in [4.78, 5) is 75.0. The summed E-state index contributed by atoms with van der Waals surface area (Å²) in [5.74, 6) is -2.25. The first-order valence-electron chi connectivity index (χ1n) is 19.6. The molecule has 0 saturated heterocycles. The smallest absolute Gasteiger partial charge is 0.248 e. The maximum atomic E-state index is 14.1. The van der Waals surface area contributed by atoms with Crippen LogP contribution in [0.1, 0.15) is 94.9 Å². The quantitative estimate of drug-likeness (QED) is 0.0950. The molecule has 0 aromatic heterocycles. The molecule has 0 spiro atoms. The highest BCUT2D eigenvalue weighted by atomic mass is 16.5. The molecule has 0 aliphatic rings. The van der Waals surface area contributed by atoms with E-state index in [9.17, 15) is 29.1 Å². The van der Waals surface area contributed by atoms with Gasteiger partial charge in [0, 0.05) is 33.2 Å². The number of aliphatic hydroxyl groups excluding tert-OH is 1. The lowest BCUT2D eigenvalue weighted by Crippen LogP contribution is -2.60. The maximum Gasteiger partial charge on any atom is 0.248 e. The number of unbranched alkanes of at least 4 members (excludes halogenated alkanes) is 1. The van der Waals surface area contributed by atoms with Gasteiger partial charge in [-0.1, -0.05) is 41.0 Å². The summed E-state index contributed by atoms with van der Waals surface area (Å²) in [6.07, 6.45) is 0.679. The van der Waals surface area contributed by atoms with Crippen molar-refractivity contribution in [1.82, 2.24) is 35.6 Å². The van der Waals surface area contributed by atoms with Crippen LogP contribution >= 0.6 is 0 Å². The van der Waals surface area contributed by atoms with E-state index in [1.54, 1.807) is 21.1 Å². The van der Waals surface area contributed by atoms with Gasteiger partial charge in [0.05, 0.1) is 38.1 Å². The third-order valence-corrected chi connectivity index (χ3v) is 8.91. The molecule has 0 heterocycles. The van der Waals surface area contributed by atoms with E-state index in [1.807, 2.05) is 81.3 Å². The number of amides is 5. The molecule has 15 nitrogen and oxygen atoms in total. The average Bonchev–Trinajstić information content (AvgIpc) is 3.07. The van der Waals surface area contributed by atoms with E-state index in [1.165, 1.54) is 21.6 Å². The highest BCUT2D eigenvalue weighted by Crippen LogP contribution is 2.16. The zero-order valence-electron chi connectivity index (χ0n) is 36.3. The zero-order valence-corrected chi connectivity index (χ0v) is 36.3. The van der Waals surface area contributed by atoms with Gasteiger partial charge in [-0.3, -0.25) is 24.0 Å². The van der Waals surface area contributed by atoms with Gasteiger partial charge in [0.2, 0.25) is 29.5 Å². The van der Waals surface area contributed by atoms with Crippen LogP contribution in [0.3, 0.4) is 0 Å². The third-order valence-electron chi connectivity index (χ3n) is 8.91. The van der Waals surface area contributed by atoms with Gasteiger partial charge in [-0.15, -0.1) is 0 Å². The minimum Gasteiger partial charge on any atom is -0.391 e. The van der Waals surface area contributed by atoms with Crippen LogP contribution < -0.4 is 16.0 Å². The Labute approximate surface area is 326 Å². The van der Waals surface area contributed by atoms with Crippen LogP contribution in [0.25, 0.3) is 0 Å². The highest BCUT2D eigenvalue weighted by molar-refractivity contribution is 5.95. The van der Waals surface area contributed by atoms with E-state index in [0.29, 0.717) is 39.0 Å². The minimum atomic E-state index is -1.39. The Morgan fingerprint density at radius 3 is 1.76 bits per heavy atom. The number of likely N-dealkylation sites (N-methyl/N-ethyl adjacent to an activating group) is 4. The first kappa shape index (κ1) is 51.1. The van der Waals surface area contributed by atoms with E-state index >= 15 is 0 Å². The lowest BCUT2D eigenvalue weighted by Gasteiger charge is -2.35. The van der Waals surface area contributed by atoms with Crippen LogP contribution in [0.5, 0.6) is 0 Å². The van der Waals surface area contributed by atoms with Crippen molar-refractivity contribution in [3.8, 4) is 0 Å². The Hall–Kier alpha value is -2.85. The summed E-state index contributed by atoms with van der Waals surface area (Å²) in [7, 11) is 8.60. The summed E-state index contributed by atoms with van der Waals surface area (Å²) in [5.41, 5.74) is -0.375. The van der Waals surface area contributed by atoms with Gasteiger partial charge in [0.25, 0.3) is 0 Å². The Morgan fingerprint density at radius 2 is 1.30 bits per heavy atom. The Balaban J connectivity index is 6.20. The fourth-order valence-corrected chi connectivity index (χ4v) is 5.56. The van der Waals surface area contributed by atoms with E-state index in [0.717, 1.165) is 6.42 Å². The second-order valence-corrected chi connectivity index (χ2v) is 16.6. The number of nitrogens with one attached hydrogen (secondary N) is 3. The number of hydrogen-bond donors (Lipinski definition) is 4. The number of rotatable bonds is 26. The summed E-state index contributed by atoms with van der Waals surface area (Å²) < 4.78 is 11.5. The summed E-state index contributed by atoms with van der Waals surface area (Å²) >= 11 is 0. The fourth-order valence-electron chi connectivity index (χ4n) is 5.56. The van der Waals surface area contributed by atoms with Gasteiger partial charge < -0.3 is 50.1 Å². The summed E-state index contributed by atoms with van der Waals surface area (Å²) in [6.45, 7) is 20.2. The Bertz CT molecular complexity index is 1140. The van der Waals surface area contributed by atoms with Crippen LogP contribution in [0.4, 0.5) is 0 Å². The number of hydrogen-bond acceptors (Lipinski definition) is 10. The molecule has 316 valence electrons. The van der Waals surface area contributed by atoms with Crippen molar-refractivity contribution in [3.05, 3.63) is 0 Å².